The van der Waals surface area contributed by atoms with Crippen molar-refractivity contribution in [2.75, 3.05) is 14.2 Å². The zero-order valence-corrected chi connectivity index (χ0v) is 11.3. The lowest BCUT2D eigenvalue weighted by Gasteiger charge is -2.10. The van der Waals surface area contributed by atoms with Crippen molar-refractivity contribution in [2.45, 2.75) is 6.61 Å². The zero-order chi connectivity index (χ0) is 13.7. The molecule has 1 heterocycles. The van der Waals surface area contributed by atoms with Crippen molar-refractivity contribution in [3.05, 3.63) is 41.3 Å². The first-order chi connectivity index (χ1) is 9.22. The fourth-order valence-corrected chi connectivity index (χ4v) is 1.68. The van der Waals surface area contributed by atoms with E-state index in [0.717, 1.165) is 0 Å². The van der Waals surface area contributed by atoms with Gasteiger partial charge in [-0.05, 0) is 12.1 Å². The number of nitrogens with zero attached hydrogens (tertiary/aromatic N) is 2. The fraction of sp³-hybridized carbons (Fsp3) is 0.231. The van der Waals surface area contributed by atoms with Gasteiger partial charge in [-0.2, -0.15) is 4.98 Å². The Hall–Kier alpha value is -2.01. The lowest BCUT2D eigenvalue weighted by Crippen LogP contribution is -2.04. The number of hydrogen-bond acceptors (Lipinski definition) is 5. The number of ether oxygens (including phenoxy) is 3. The van der Waals surface area contributed by atoms with Crippen molar-refractivity contribution < 1.29 is 14.2 Å². The second-order valence-corrected chi connectivity index (χ2v) is 3.98. The van der Waals surface area contributed by atoms with Gasteiger partial charge >= 0.3 is 0 Å². The smallest absolute Gasteiger partial charge is 0.217 e. The summed E-state index contributed by atoms with van der Waals surface area (Å²) in [6, 6.07) is 8.88. The predicted octanol–water partition coefficient (Wildman–Crippen LogP) is 2.73. The molecule has 0 bridgehead atoms. The van der Waals surface area contributed by atoms with E-state index in [2.05, 4.69) is 9.97 Å². The van der Waals surface area contributed by atoms with E-state index in [0.29, 0.717) is 28.4 Å². The second kappa shape index (κ2) is 6.24. The van der Waals surface area contributed by atoms with E-state index in [4.69, 9.17) is 25.8 Å². The molecule has 100 valence electrons. The van der Waals surface area contributed by atoms with Crippen LogP contribution in [0.25, 0.3) is 0 Å². The van der Waals surface area contributed by atoms with Crippen molar-refractivity contribution in [1.29, 1.82) is 0 Å². The van der Waals surface area contributed by atoms with Gasteiger partial charge in [-0.3, -0.25) is 0 Å². The quantitative estimate of drug-likeness (QED) is 0.788. The van der Waals surface area contributed by atoms with Crippen LogP contribution in [0.4, 0.5) is 0 Å². The second-order valence-electron chi connectivity index (χ2n) is 3.59. The van der Waals surface area contributed by atoms with E-state index in [1.54, 1.807) is 13.2 Å². The summed E-state index contributed by atoms with van der Waals surface area (Å²) in [5.41, 5.74) is 0. The van der Waals surface area contributed by atoms with Crippen LogP contribution in [0.1, 0.15) is 5.82 Å². The van der Waals surface area contributed by atoms with Crippen LogP contribution in [0, 0.1) is 0 Å². The highest BCUT2D eigenvalue weighted by Gasteiger charge is 2.07. The average molecular weight is 281 g/mol. The van der Waals surface area contributed by atoms with E-state index < -0.39 is 0 Å². The first-order valence-corrected chi connectivity index (χ1v) is 5.94. The Morgan fingerprint density at radius 2 is 1.79 bits per heavy atom. The molecule has 0 atom stereocenters. The van der Waals surface area contributed by atoms with Gasteiger partial charge in [0.05, 0.1) is 14.2 Å². The molecule has 0 saturated carbocycles. The molecule has 0 unspecified atom stereocenters. The van der Waals surface area contributed by atoms with Crippen LogP contribution >= 0.6 is 11.6 Å². The molecule has 19 heavy (non-hydrogen) atoms. The van der Waals surface area contributed by atoms with Crippen molar-refractivity contribution in [2.24, 2.45) is 0 Å². The van der Waals surface area contributed by atoms with Gasteiger partial charge in [0.1, 0.15) is 11.8 Å². The van der Waals surface area contributed by atoms with E-state index in [1.807, 2.05) is 18.2 Å². The summed E-state index contributed by atoms with van der Waals surface area (Å²) in [5.74, 6) is 2.11. The Balaban J connectivity index is 2.12. The average Bonchev–Trinajstić information content (AvgIpc) is 2.44. The first kappa shape index (κ1) is 13.4. The van der Waals surface area contributed by atoms with E-state index in [1.165, 1.54) is 13.2 Å². The van der Waals surface area contributed by atoms with Crippen molar-refractivity contribution >= 4 is 11.6 Å². The van der Waals surface area contributed by atoms with Crippen LogP contribution < -0.4 is 14.2 Å². The van der Waals surface area contributed by atoms with Crippen molar-refractivity contribution in [3.63, 3.8) is 0 Å². The van der Waals surface area contributed by atoms with Crippen LogP contribution in [0.3, 0.4) is 0 Å². The van der Waals surface area contributed by atoms with Crippen LogP contribution in [0.15, 0.2) is 30.3 Å². The monoisotopic (exact) mass is 280 g/mol. The standard InChI is InChI=1S/C13H13ClN2O3/c1-17-9-5-3-4-6-10(9)19-8-12-15-11(14)7-13(16-12)18-2/h3-7H,8H2,1-2H3. The van der Waals surface area contributed by atoms with Gasteiger partial charge < -0.3 is 14.2 Å². The predicted molar refractivity (Wildman–Crippen MR) is 70.9 cm³/mol. The molecule has 0 spiro atoms. The van der Waals surface area contributed by atoms with Gasteiger partial charge in [-0.1, -0.05) is 23.7 Å². The Labute approximate surface area is 116 Å². The molecule has 0 amide bonds. The fourth-order valence-electron chi connectivity index (χ4n) is 1.49. The van der Waals surface area contributed by atoms with Gasteiger partial charge in [0.2, 0.25) is 5.88 Å². The van der Waals surface area contributed by atoms with E-state index >= 15 is 0 Å². The molecule has 2 rings (SSSR count). The highest BCUT2D eigenvalue weighted by atomic mass is 35.5. The molecule has 0 radical (unpaired) electrons. The lowest BCUT2D eigenvalue weighted by molar-refractivity contribution is 0.274. The molecule has 0 N–H and O–H groups in total. The molecule has 0 aliphatic carbocycles. The number of methoxy groups -OCH3 is 2. The highest BCUT2D eigenvalue weighted by molar-refractivity contribution is 6.29. The summed E-state index contributed by atoms with van der Waals surface area (Å²) in [6.45, 7) is 0.178. The van der Waals surface area contributed by atoms with Crippen LogP contribution in [-0.4, -0.2) is 24.2 Å². The third-order valence-corrected chi connectivity index (χ3v) is 2.55. The normalized spacial score (nSPS) is 10.1. The molecule has 5 nitrogen and oxygen atoms in total. The van der Waals surface area contributed by atoms with Gasteiger partial charge in [0.25, 0.3) is 0 Å². The van der Waals surface area contributed by atoms with Crippen LogP contribution in [-0.2, 0) is 6.61 Å². The minimum Gasteiger partial charge on any atom is -0.493 e. The molecule has 2 aromatic rings. The Morgan fingerprint density at radius 1 is 1.05 bits per heavy atom. The van der Waals surface area contributed by atoms with Crippen LogP contribution in [0.5, 0.6) is 17.4 Å². The summed E-state index contributed by atoms with van der Waals surface area (Å²) >= 11 is 5.86. The van der Waals surface area contributed by atoms with E-state index in [9.17, 15) is 0 Å². The Kier molecular flexibility index (Phi) is 4.41. The summed E-state index contributed by atoms with van der Waals surface area (Å²) in [7, 11) is 3.10. The molecule has 0 fully saturated rings. The highest BCUT2D eigenvalue weighted by Crippen LogP contribution is 2.26. The van der Waals surface area contributed by atoms with Crippen LogP contribution in [0.2, 0.25) is 5.15 Å². The maximum atomic E-state index is 5.86. The molecule has 0 aliphatic heterocycles. The number of halogens is 1. The van der Waals surface area contributed by atoms with Gasteiger partial charge in [-0.15, -0.1) is 0 Å². The largest absolute Gasteiger partial charge is 0.493 e. The third-order valence-electron chi connectivity index (χ3n) is 2.35. The number of benzene rings is 1. The van der Waals surface area contributed by atoms with E-state index in [-0.39, 0.29) is 6.61 Å². The van der Waals surface area contributed by atoms with Gasteiger partial charge in [-0.25, -0.2) is 4.98 Å². The Morgan fingerprint density at radius 3 is 2.47 bits per heavy atom. The summed E-state index contributed by atoms with van der Waals surface area (Å²) in [5, 5.41) is 0.311. The molecule has 6 heteroatoms. The number of para-hydroxylation sites is 2. The topological polar surface area (TPSA) is 53.5 Å². The van der Waals surface area contributed by atoms with Gasteiger partial charge in [0.15, 0.2) is 17.3 Å². The minimum absolute atomic E-state index is 0.178. The zero-order valence-electron chi connectivity index (χ0n) is 10.6. The number of aromatic nitrogens is 2. The Bertz CT molecular complexity index is 563. The molecule has 0 aliphatic rings. The number of hydrogen-bond donors (Lipinski definition) is 0. The summed E-state index contributed by atoms with van der Waals surface area (Å²) in [4.78, 5) is 8.20. The molecular weight excluding hydrogens is 268 g/mol. The SMILES string of the molecule is COc1cc(Cl)nc(COc2ccccc2OC)n1. The van der Waals surface area contributed by atoms with Crippen molar-refractivity contribution in [3.8, 4) is 17.4 Å². The summed E-state index contributed by atoms with van der Waals surface area (Å²) < 4.78 is 15.8. The molecule has 0 saturated heterocycles. The maximum absolute atomic E-state index is 5.86. The lowest BCUT2D eigenvalue weighted by atomic mass is 10.3. The number of rotatable bonds is 5. The first-order valence-electron chi connectivity index (χ1n) is 5.56. The molecular formula is C13H13ClN2O3. The molecule has 1 aromatic carbocycles. The third kappa shape index (κ3) is 3.48. The van der Waals surface area contributed by atoms with Gasteiger partial charge in [0, 0.05) is 6.07 Å². The minimum atomic E-state index is 0.178. The summed E-state index contributed by atoms with van der Waals surface area (Å²) in [6.07, 6.45) is 0. The maximum Gasteiger partial charge on any atom is 0.217 e. The molecule has 1 aromatic heterocycles. The van der Waals surface area contributed by atoms with Crippen molar-refractivity contribution in [1.82, 2.24) is 9.97 Å².